The number of fused-ring (bicyclic) bond motifs is 5. The molecule has 0 radical (unpaired) electrons. The molecule has 5 nitrogen and oxygen atoms in total. The molecule has 4 rings (SSSR count). The minimum atomic E-state index is -0.185. The molecular weight excluding hydrogens is 402 g/mol. The van der Waals surface area contributed by atoms with Crippen LogP contribution in [0.5, 0.6) is 0 Å². The summed E-state index contributed by atoms with van der Waals surface area (Å²) in [4.78, 5) is 22.9. The van der Waals surface area contributed by atoms with Crippen molar-refractivity contribution < 1.29 is 19.1 Å². The molecule has 4 aliphatic carbocycles. The van der Waals surface area contributed by atoms with E-state index in [2.05, 4.69) is 32.2 Å². The van der Waals surface area contributed by atoms with Crippen LogP contribution in [-0.2, 0) is 19.1 Å². The highest BCUT2D eigenvalue weighted by atomic mass is 16.5. The normalized spacial score (nSPS) is 41.5. The average Bonchev–Trinajstić information content (AvgIpc) is 3.10. The van der Waals surface area contributed by atoms with E-state index in [1.807, 2.05) is 0 Å². The largest absolute Gasteiger partial charge is 0.468 e. The summed E-state index contributed by atoms with van der Waals surface area (Å²) in [6.07, 6.45) is 12.2. The van der Waals surface area contributed by atoms with E-state index < -0.39 is 0 Å². The molecule has 3 fully saturated rings. The van der Waals surface area contributed by atoms with Gasteiger partial charge in [0.2, 0.25) is 0 Å². The summed E-state index contributed by atoms with van der Waals surface area (Å²) < 4.78 is 10.4. The zero-order chi connectivity index (χ0) is 23.1. The van der Waals surface area contributed by atoms with Crippen molar-refractivity contribution in [3.63, 3.8) is 0 Å². The van der Waals surface area contributed by atoms with Gasteiger partial charge in [-0.15, -0.1) is 0 Å². The fraction of sp³-hybridized carbons (Fsp3) is 0.852. The summed E-state index contributed by atoms with van der Waals surface area (Å²) in [6.45, 7) is 10.2. The predicted molar refractivity (Wildman–Crippen MR) is 125 cm³/mol. The Balaban J connectivity index is 1.45. The van der Waals surface area contributed by atoms with Gasteiger partial charge in [0.15, 0.2) is 0 Å². The third kappa shape index (κ3) is 4.15. The highest BCUT2D eigenvalue weighted by molar-refractivity contribution is 5.71. The van der Waals surface area contributed by atoms with Crippen LogP contribution in [0.1, 0.15) is 79.1 Å². The van der Waals surface area contributed by atoms with Gasteiger partial charge in [-0.25, -0.2) is 0 Å². The number of methoxy groups -OCH3 is 1. The van der Waals surface area contributed by atoms with Crippen molar-refractivity contribution >= 4 is 11.9 Å². The van der Waals surface area contributed by atoms with E-state index in [0.717, 1.165) is 49.5 Å². The Morgan fingerprint density at radius 3 is 2.66 bits per heavy atom. The first kappa shape index (κ1) is 23.8. The Labute approximate surface area is 194 Å². The second-order valence-corrected chi connectivity index (χ2v) is 11.6. The van der Waals surface area contributed by atoms with E-state index in [9.17, 15) is 9.59 Å². The lowest BCUT2D eigenvalue weighted by atomic mass is 9.47. The van der Waals surface area contributed by atoms with Crippen molar-refractivity contribution in [2.75, 3.05) is 20.2 Å². The zero-order valence-corrected chi connectivity index (χ0v) is 20.7. The van der Waals surface area contributed by atoms with Crippen molar-refractivity contribution in [3.05, 3.63) is 11.6 Å². The van der Waals surface area contributed by atoms with Gasteiger partial charge in [-0.3, -0.25) is 9.59 Å². The minimum Gasteiger partial charge on any atom is -0.468 e. The monoisotopic (exact) mass is 445 g/mol. The minimum absolute atomic E-state index is 0.0754. The van der Waals surface area contributed by atoms with Crippen LogP contribution in [0.15, 0.2) is 11.6 Å². The fourth-order valence-corrected chi connectivity index (χ4v) is 8.55. The van der Waals surface area contributed by atoms with Gasteiger partial charge in [0.1, 0.15) is 6.10 Å². The highest BCUT2D eigenvalue weighted by Gasteiger charge is 2.59. The molecule has 3 saturated carbocycles. The van der Waals surface area contributed by atoms with Crippen LogP contribution in [0.3, 0.4) is 0 Å². The molecule has 1 N–H and O–H groups in total. The highest BCUT2D eigenvalue weighted by Crippen LogP contribution is 2.67. The number of rotatable bonds is 6. The number of carbonyl (C=O) groups is 2. The Morgan fingerprint density at radius 1 is 1.16 bits per heavy atom. The van der Waals surface area contributed by atoms with Crippen molar-refractivity contribution in [1.82, 2.24) is 5.32 Å². The zero-order valence-electron chi connectivity index (χ0n) is 20.7. The molecule has 0 amide bonds. The first-order chi connectivity index (χ1) is 15.2. The van der Waals surface area contributed by atoms with Crippen molar-refractivity contribution in [2.45, 2.75) is 85.2 Å². The molecule has 4 aliphatic rings. The summed E-state index contributed by atoms with van der Waals surface area (Å²) in [5, 5.41) is 3.32. The molecule has 32 heavy (non-hydrogen) atoms. The molecule has 0 heterocycles. The summed E-state index contributed by atoms with van der Waals surface area (Å²) in [6, 6.07) is 0. The van der Waals surface area contributed by atoms with Gasteiger partial charge < -0.3 is 14.8 Å². The lowest BCUT2D eigenvalue weighted by molar-refractivity contribution is -0.148. The first-order valence-corrected chi connectivity index (χ1v) is 12.8. The van der Waals surface area contributed by atoms with Gasteiger partial charge in [-0.1, -0.05) is 32.4 Å². The lowest BCUT2D eigenvalue weighted by Crippen LogP contribution is -2.51. The summed E-state index contributed by atoms with van der Waals surface area (Å²) in [5.74, 6) is 3.31. The molecule has 0 bridgehead atoms. The number of hydrogen-bond acceptors (Lipinski definition) is 5. The molecule has 0 aliphatic heterocycles. The van der Waals surface area contributed by atoms with Crippen molar-refractivity contribution in [2.24, 2.45) is 40.4 Å². The van der Waals surface area contributed by atoms with Crippen LogP contribution in [0.2, 0.25) is 0 Å². The topological polar surface area (TPSA) is 64.6 Å². The molecule has 180 valence electrons. The van der Waals surface area contributed by atoms with Gasteiger partial charge in [-0.2, -0.15) is 0 Å². The maximum absolute atomic E-state index is 11.5. The predicted octanol–water partition coefficient (Wildman–Crippen LogP) is 4.90. The molecule has 0 spiro atoms. The molecule has 0 aromatic carbocycles. The summed E-state index contributed by atoms with van der Waals surface area (Å²) in [5.41, 5.74) is 2.26. The van der Waals surface area contributed by atoms with E-state index in [1.54, 1.807) is 5.57 Å². The van der Waals surface area contributed by atoms with Gasteiger partial charge in [0, 0.05) is 13.3 Å². The molecular formula is C27H43NO4. The van der Waals surface area contributed by atoms with Gasteiger partial charge in [0.05, 0.1) is 13.7 Å². The second kappa shape index (κ2) is 9.12. The van der Waals surface area contributed by atoms with Crippen molar-refractivity contribution in [3.8, 4) is 0 Å². The van der Waals surface area contributed by atoms with E-state index in [-0.39, 0.29) is 23.5 Å². The van der Waals surface area contributed by atoms with Crippen molar-refractivity contribution in [1.29, 1.82) is 0 Å². The number of nitrogens with one attached hydrogen (secondary N) is 1. The standard InChI is InChI=1S/C27H43NO4/c1-17(15-28-16-25(30)31-5)22-8-9-23-21-7-6-19-14-20(32-18(2)29)10-12-26(19,3)24(21)11-13-27(22,23)4/h6,17,20-24,28H,7-16H2,1-5H3/t17-,20+,21?,22-,23+,24+,26+,27-/m1/s1. The van der Waals surface area contributed by atoms with E-state index in [1.165, 1.54) is 46.1 Å². The molecule has 0 aromatic rings. The number of esters is 2. The van der Waals surface area contributed by atoms with Crippen LogP contribution in [-0.4, -0.2) is 38.2 Å². The summed E-state index contributed by atoms with van der Waals surface area (Å²) in [7, 11) is 1.45. The average molecular weight is 446 g/mol. The Kier molecular flexibility index (Phi) is 6.78. The lowest BCUT2D eigenvalue weighted by Gasteiger charge is -2.58. The van der Waals surface area contributed by atoms with Crippen LogP contribution >= 0.6 is 0 Å². The molecule has 8 atom stereocenters. The molecule has 5 heteroatoms. The Hall–Kier alpha value is -1.36. The fourth-order valence-electron chi connectivity index (χ4n) is 8.55. The van der Waals surface area contributed by atoms with Gasteiger partial charge in [-0.05, 0) is 91.9 Å². The van der Waals surface area contributed by atoms with E-state index >= 15 is 0 Å². The maximum atomic E-state index is 11.5. The smallest absolute Gasteiger partial charge is 0.319 e. The number of hydrogen-bond donors (Lipinski definition) is 1. The second-order valence-electron chi connectivity index (χ2n) is 11.6. The maximum Gasteiger partial charge on any atom is 0.319 e. The first-order valence-electron chi connectivity index (χ1n) is 12.8. The van der Waals surface area contributed by atoms with E-state index in [4.69, 9.17) is 9.47 Å². The Bertz CT molecular complexity index is 763. The third-order valence-electron chi connectivity index (χ3n) is 10.1. The quantitative estimate of drug-likeness (QED) is 0.465. The van der Waals surface area contributed by atoms with Gasteiger partial charge >= 0.3 is 11.9 Å². The SMILES string of the molecule is COC(=O)CNC[C@@H](C)[C@H]1CC[C@H]2C3CC=C4C[C@@H](OC(C)=O)CC[C@]4(C)[C@H]3CC[C@]12C. The molecule has 0 aromatic heterocycles. The number of ether oxygens (including phenoxy) is 2. The van der Waals surface area contributed by atoms with Crippen LogP contribution < -0.4 is 5.32 Å². The summed E-state index contributed by atoms with van der Waals surface area (Å²) >= 11 is 0. The van der Waals surface area contributed by atoms with Gasteiger partial charge in [0.25, 0.3) is 0 Å². The molecule has 0 saturated heterocycles. The van der Waals surface area contributed by atoms with E-state index in [0.29, 0.717) is 17.9 Å². The number of carbonyl (C=O) groups excluding carboxylic acids is 2. The van der Waals surface area contributed by atoms with Crippen LogP contribution in [0.25, 0.3) is 0 Å². The molecule has 1 unspecified atom stereocenters. The van der Waals surface area contributed by atoms with Crippen LogP contribution in [0, 0.1) is 40.4 Å². The Morgan fingerprint density at radius 2 is 1.94 bits per heavy atom. The van der Waals surface area contributed by atoms with Crippen LogP contribution in [0.4, 0.5) is 0 Å². The number of allylic oxidation sites excluding steroid dienone is 1. The third-order valence-corrected chi connectivity index (χ3v) is 10.1.